The monoisotopic (exact) mass is 325 g/mol. The van der Waals surface area contributed by atoms with Crippen molar-refractivity contribution < 1.29 is 4.39 Å². The molecule has 3 heteroatoms. The molecule has 0 radical (unpaired) electrons. The third-order valence-corrected chi connectivity index (χ3v) is 5.60. The maximum atomic E-state index is 14.1. The predicted molar refractivity (Wildman–Crippen MR) is 79.5 cm³/mol. The molecular weight excluding hydrogens is 305 g/mol. The van der Waals surface area contributed by atoms with Gasteiger partial charge in [-0.2, -0.15) is 0 Å². The Morgan fingerprint density at radius 2 is 2.21 bits per heavy atom. The maximum absolute atomic E-state index is 14.1. The number of fused-ring (bicyclic) bond motifs is 2. The van der Waals surface area contributed by atoms with Crippen LogP contribution in [0.15, 0.2) is 22.7 Å². The van der Waals surface area contributed by atoms with E-state index < -0.39 is 0 Å². The molecule has 1 nitrogen and oxygen atoms in total. The Hall–Kier alpha value is -0.410. The molecule has 4 unspecified atom stereocenters. The van der Waals surface area contributed by atoms with Gasteiger partial charge in [0.15, 0.2) is 0 Å². The topological polar surface area (TPSA) is 12.0 Å². The molecule has 0 spiro atoms. The molecule has 0 aromatic heterocycles. The second-order valence-electron chi connectivity index (χ2n) is 6.18. The van der Waals surface area contributed by atoms with Crippen molar-refractivity contribution in [2.45, 2.75) is 38.1 Å². The van der Waals surface area contributed by atoms with E-state index in [1.807, 2.05) is 19.2 Å². The van der Waals surface area contributed by atoms with Crippen molar-refractivity contribution in [1.29, 1.82) is 0 Å². The molecular formula is C16H21BrFN. The lowest BCUT2D eigenvalue weighted by Gasteiger charge is -2.27. The summed E-state index contributed by atoms with van der Waals surface area (Å²) in [5.74, 6) is 2.55. The number of hydrogen-bond donors (Lipinski definition) is 1. The predicted octanol–water partition coefficient (Wildman–Crippen LogP) is 4.68. The molecule has 1 aromatic carbocycles. The summed E-state index contributed by atoms with van der Waals surface area (Å²) in [6, 6.07) is 5.56. The molecule has 4 atom stereocenters. The van der Waals surface area contributed by atoms with Crippen LogP contribution in [0.5, 0.6) is 0 Å². The normalized spacial score (nSPS) is 30.8. The van der Waals surface area contributed by atoms with Crippen molar-refractivity contribution in [1.82, 2.24) is 5.32 Å². The van der Waals surface area contributed by atoms with Crippen LogP contribution < -0.4 is 5.32 Å². The van der Waals surface area contributed by atoms with Crippen LogP contribution in [0.4, 0.5) is 4.39 Å². The highest BCUT2D eigenvalue weighted by Crippen LogP contribution is 2.51. The van der Waals surface area contributed by atoms with Crippen molar-refractivity contribution in [3.63, 3.8) is 0 Å². The van der Waals surface area contributed by atoms with Gasteiger partial charge in [0.1, 0.15) is 5.82 Å². The first-order valence-corrected chi connectivity index (χ1v) is 8.09. The smallest absolute Gasteiger partial charge is 0.129 e. The quantitative estimate of drug-likeness (QED) is 0.847. The summed E-state index contributed by atoms with van der Waals surface area (Å²) in [5.41, 5.74) is 0.813. The highest BCUT2D eigenvalue weighted by Gasteiger charge is 2.40. The van der Waals surface area contributed by atoms with E-state index >= 15 is 0 Å². The molecule has 19 heavy (non-hydrogen) atoms. The molecule has 3 rings (SSSR count). The number of rotatable bonds is 4. The Kier molecular flexibility index (Phi) is 3.95. The fraction of sp³-hybridized carbons (Fsp3) is 0.625. The highest BCUT2D eigenvalue weighted by atomic mass is 79.9. The van der Waals surface area contributed by atoms with E-state index in [1.165, 1.54) is 25.7 Å². The lowest BCUT2D eigenvalue weighted by molar-refractivity contribution is 0.282. The van der Waals surface area contributed by atoms with Crippen LogP contribution >= 0.6 is 15.9 Å². The minimum atomic E-state index is -0.100. The van der Waals surface area contributed by atoms with Crippen LogP contribution in [0, 0.1) is 23.6 Å². The van der Waals surface area contributed by atoms with E-state index in [9.17, 15) is 4.39 Å². The SMILES string of the molecule is CNC(CC1CC2CCC1C2)c1ccc(Br)cc1F. The van der Waals surface area contributed by atoms with E-state index in [0.29, 0.717) is 0 Å². The first-order valence-electron chi connectivity index (χ1n) is 7.29. The van der Waals surface area contributed by atoms with E-state index in [2.05, 4.69) is 21.2 Å². The molecule has 0 aliphatic heterocycles. The second-order valence-corrected chi connectivity index (χ2v) is 7.09. The summed E-state index contributed by atoms with van der Waals surface area (Å²) in [7, 11) is 1.94. The average molecular weight is 326 g/mol. The molecule has 2 saturated carbocycles. The minimum Gasteiger partial charge on any atom is -0.313 e. The Morgan fingerprint density at radius 3 is 2.79 bits per heavy atom. The van der Waals surface area contributed by atoms with E-state index in [-0.39, 0.29) is 11.9 Å². The van der Waals surface area contributed by atoms with Gasteiger partial charge in [-0.3, -0.25) is 0 Å². The maximum Gasteiger partial charge on any atom is 0.129 e. The lowest BCUT2D eigenvalue weighted by atomic mass is 9.82. The summed E-state index contributed by atoms with van der Waals surface area (Å²) in [5, 5.41) is 3.31. The summed E-state index contributed by atoms with van der Waals surface area (Å²) in [6.07, 6.45) is 6.69. The number of nitrogens with one attached hydrogen (secondary N) is 1. The van der Waals surface area contributed by atoms with Crippen LogP contribution in [-0.4, -0.2) is 7.05 Å². The Labute approximate surface area is 123 Å². The third kappa shape index (κ3) is 2.73. The van der Waals surface area contributed by atoms with Gasteiger partial charge in [0.2, 0.25) is 0 Å². The zero-order valence-electron chi connectivity index (χ0n) is 11.3. The van der Waals surface area contributed by atoms with Gasteiger partial charge in [-0.1, -0.05) is 28.4 Å². The van der Waals surface area contributed by atoms with Gasteiger partial charge in [0, 0.05) is 16.1 Å². The number of hydrogen-bond acceptors (Lipinski definition) is 1. The first-order chi connectivity index (χ1) is 9.17. The summed E-state index contributed by atoms with van der Waals surface area (Å²) in [4.78, 5) is 0. The Bertz CT molecular complexity index is 462. The number of benzene rings is 1. The van der Waals surface area contributed by atoms with E-state index in [4.69, 9.17) is 0 Å². The molecule has 0 heterocycles. The van der Waals surface area contributed by atoms with Gasteiger partial charge in [-0.25, -0.2) is 4.39 Å². The zero-order chi connectivity index (χ0) is 13.4. The largest absolute Gasteiger partial charge is 0.313 e. The summed E-state index contributed by atoms with van der Waals surface area (Å²) >= 11 is 3.32. The van der Waals surface area contributed by atoms with Gasteiger partial charge in [0.25, 0.3) is 0 Å². The third-order valence-electron chi connectivity index (χ3n) is 5.11. The molecule has 0 saturated heterocycles. The van der Waals surface area contributed by atoms with Crippen LogP contribution in [0.1, 0.15) is 43.7 Å². The first kappa shape index (κ1) is 13.6. The molecule has 1 N–H and O–H groups in total. The van der Waals surface area contributed by atoms with Crippen molar-refractivity contribution in [3.05, 3.63) is 34.1 Å². The zero-order valence-corrected chi connectivity index (χ0v) is 12.9. The summed E-state index contributed by atoms with van der Waals surface area (Å²) in [6.45, 7) is 0. The van der Waals surface area contributed by atoms with Gasteiger partial charge >= 0.3 is 0 Å². The highest BCUT2D eigenvalue weighted by molar-refractivity contribution is 9.10. The minimum absolute atomic E-state index is 0.100. The second kappa shape index (κ2) is 5.53. The summed E-state index contributed by atoms with van der Waals surface area (Å²) < 4.78 is 14.9. The van der Waals surface area contributed by atoms with Gasteiger partial charge in [-0.05, 0) is 62.6 Å². The molecule has 104 valence electrons. The molecule has 1 aromatic rings. The fourth-order valence-electron chi connectivity index (χ4n) is 4.15. The van der Waals surface area contributed by atoms with E-state index in [0.717, 1.165) is 34.2 Å². The van der Waals surface area contributed by atoms with Crippen LogP contribution in [-0.2, 0) is 0 Å². The van der Waals surface area contributed by atoms with Crippen molar-refractivity contribution >= 4 is 15.9 Å². The lowest BCUT2D eigenvalue weighted by Crippen LogP contribution is -2.23. The van der Waals surface area contributed by atoms with Gasteiger partial charge in [0.05, 0.1) is 0 Å². The van der Waals surface area contributed by atoms with Crippen molar-refractivity contribution in [3.8, 4) is 0 Å². The van der Waals surface area contributed by atoms with Crippen LogP contribution in [0.2, 0.25) is 0 Å². The van der Waals surface area contributed by atoms with E-state index in [1.54, 1.807) is 6.07 Å². The number of halogens is 2. The fourth-order valence-corrected chi connectivity index (χ4v) is 4.49. The standard InChI is InChI=1S/C16H21BrFN/c1-19-16(14-5-4-13(17)9-15(14)18)8-12-7-10-2-3-11(12)6-10/h4-5,9-12,16,19H,2-3,6-8H2,1H3. The Balaban J connectivity index is 1.73. The van der Waals surface area contributed by atoms with Crippen molar-refractivity contribution in [2.75, 3.05) is 7.05 Å². The molecule has 2 aliphatic rings. The molecule has 2 bridgehead atoms. The molecule has 2 aliphatic carbocycles. The molecule has 0 amide bonds. The molecule has 2 fully saturated rings. The van der Waals surface area contributed by atoms with Gasteiger partial charge in [-0.15, -0.1) is 0 Å². The van der Waals surface area contributed by atoms with Crippen molar-refractivity contribution in [2.24, 2.45) is 17.8 Å². The van der Waals surface area contributed by atoms with Crippen LogP contribution in [0.3, 0.4) is 0 Å². The van der Waals surface area contributed by atoms with Gasteiger partial charge < -0.3 is 5.32 Å². The Morgan fingerprint density at radius 1 is 1.37 bits per heavy atom. The average Bonchev–Trinajstić information content (AvgIpc) is 2.99. The van der Waals surface area contributed by atoms with Crippen LogP contribution in [0.25, 0.3) is 0 Å².